The number of hydrogen-bond acceptors (Lipinski definition) is 7. The first-order valence-electron chi connectivity index (χ1n) is 5.49. The topological polar surface area (TPSA) is 145 Å². The zero-order chi connectivity index (χ0) is 15.2. The van der Waals surface area contributed by atoms with Gasteiger partial charge in [0, 0.05) is 0 Å². The largest absolute Gasteiger partial charge is 0.376 e. The first-order valence-corrected chi connectivity index (χ1v) is 5.49. The summed E-state index contributed by atoms with van der Waals surface area (Å²) in [6.45, 7) is 1.63. The van der Waals surface area contributed by atoms with Gasteiger partial charge in [-0.15, -0.1) is 0 Å². The van der Waals surface area contributed by atoms with Crippen LogP contribution in [0, 0.1) is 0 Å². The van der Waals surface area contributed by atoms with Crippen LogP contribution in [0.15, 0.2) is 0 Å². The molecule has 1 saturated heterocycles. The molecular formula is C11H16NO7. The molecular weight excluding hydrogens is 258 g/mol. The van der Waals surface area contributed by atoms with Gasteiger partial charge in [-0.3, -0.25) is 14.4 Å². The van der Waals surface area contributed by atoms with Crippen molar-refractivity contribution in [3.8, 4) is 0 Å². The molecule has 19 heavy (non-hydrogen) atoms. The van der Waals surface area contributed by atoms with Crippen molar-refractivity contribution in [2.24, 2.45) is 0 Å². The van der Waals surface area contributed by atoms with Crippen LogP contribution in [0.25, 0.3) is 0 Å². The first kappa shape index (κ1) is 15.9. The number of Topliss-reactive ketones (excluding diaryl/α,β-unsaturated/α-hetero) is 3. The molecule has 0 saturated carbocycles. The quantitative estimate of drug-likeness (QED) is 0.519. The molecule has 0 spiro atoms. The lowest BCUT2D eigenvalue weighted by atomic mass is 9.63. The second-order valence-electron chi connectivity index (χ2n) is 4.70. The lowest BCUT2D eigenvalue weighted by molar-refractivity contribution is -0.295. The van der Waals surface area contributed by atoms with Crippen molar-refractivity contribution in [1.29, 1.82) is 0 Å². The fourth-order valence-corrected chi connectivity index (χ4v) is 2.29. The Bertz CT molecular complexity index is 450. The zero-order valence-electron chi connectivity index (χ0n) is 10.8. The molecule has 8 heteroatoms. The maximum absolute atomic E-state index is 11.7. The van der Waals surface area contributed by atoms with Gasteiger partial charge in [0.1, 0.15) is 0 Å². The van der Waals surface area contributed by atoms with Crippen molar-refractivity contribution in [1.82, 2.24) is 5.73 Å². The van der Waals surface area contributed by atoms with Crippen LogP contribution in [0.5, 0.6) is 0 Å². The van der Waals surface area contributed by atoms with E-state index in [-0.39, 0.29) is 0 Å². The third kappa shape index (κ3) is 1.68. The minimum Gasteiger partial charge on any atom is -0.376 e. The standard InChI is InChI=1S/C11H16NO7/c1-5(13)9(16)4-19-8(12)10(17,6(2)14)11(9,18)7(3)15/h8,12,16-18H,4H2,1-3H3/t8-,9+,10-,11+/m1/s1. The Hall–Kier alpha value is -1.19. The molecule has 0 aromatic carbocycles. The van der Waals surface area contributed by atoms with Gasteiger partial charge in [0.2, 0.25) is 11.2 Å². The Morgan fingerprint density at radius 2 is 1.53 bits per heavy atom. The molecule has 0 amide bonds. The Kier molecular flexibility index (Phi) is 3.70. The summed E-state index contributed by atoms with van der Waals surface area (Å²) in [6, 6.07) is 0. The molecule has 0 aliphatic carbocycles. The van der Waals surface area contributed by atoms with Crippen LogP contribution in [0.1, 0.15) is 20.8 Å². The summed E-state index contributed by atoms with van der Waals surface area (Å²) in [4.78, 5) is 34.8. The molecule has 107 valence electrons. The average molecular weight is 274 g/mol. The van der Waals surface area contributed by atoms with Crippen molar-refractivity contribution < 1.29 is 34.4 Å². The molecule has 8 nitrogen and oxygen atoms in total. The number of carbonyl (C=O) groups is 3. The van der Waals surface area contributed by atoms with E-state index < -0.39 is 47.0 Å². The summed E-state index contributed by atoms with van der Waals surface area (Å²) in [7, 11) is 0. The Morgan fingerprint density at radius 3 is 1.84 bits per heavy atom. The summed E-state index contributed by atoms with van der Waals surface area (Å²) < 4.78 is 4.69. The fraction of sp³-hybridized carbons (Fsp3) is 0.727. The van der Waals surface area contributed by atoms with Crippen LogP contribution >= 0.6 is 0 Å². The molecule has 4 atom stereocenters. The van der Waals surface area contributed by atoms with E-state index in [1.54, 1.807) is 0 Å². The molecule has 0 bridgehead atoms. The number of rotatable bonds is 3. The van der Waals surface area contributed by atoms with E-state index in [2.05, 4.69) is 0 Å². The fourth-order valence-electron chi connectivity index (χ4n) is 2.29. The number of ketones is 3. The van der Waals surface area contributed by atoms with E-state index in [0.29, 0.717) is 0 Å². The van der Waals surface area contributed by atoms with Crippen molar-refractivity contribution in [3.63, 3.8) is 0 Å². The van der Waals surface area contributed by atoms with Crippen LogP contribution in [0.2, 0.25) is 0 Å². The highest BCUT2D eigenvalue weighted by atomic mass is 16.5. The number of hydrogen-bond donors (Lipinski definition) is 3. The SMILES string of the molecule is CC(=O)[C@@]1(O)[C@@](O)(C(C)=O)[C@H]([NH])OC[C@]1(O)C(C)=O. The van der Waals surface area contributed by atoms with Crippen molar-refractivity contribution in [2.75, 3.05) is 6.61 Å². The minimum absolute atomic E-state index is 0.805. The Morgan fingerprint density at radius 1 is 1.05 bits per heavy atom. The second kappa shape index (κ2) is 4.43. The zero-order valence-corrected chi connectivity index (χ0v) is 10.8. The number of aliphatic hydroxyl groups is 3. The van der Waals surface area contributed by atoms with Gasteiger partial charge >= 0.3 is 0 Å². The van der Waals surface area contributed by atoms with E-state index in [9.17, 15) is 29.7 Å². The molecule has 1 aliphatic heterocycles. The van der Waals surface area contributed by atoms with Crippen molar-refractivity contribution in [2.45, 2.75) is 43.8 Å². The highest BCUT2D eigenvalue weighted by molar-refractivity contribution is 6.04. The molecule has 1 rings (SSSR count). The molecule has 1 heterocycles. The number of carbonyl (C=O) groups excluding carboxylic acids is 3. The lowest BCUT2D eigenvalue weighted by Gasteiger charge is -2.53. The Labute approximate surface area is 109 Å². The van der Waals surface area contributed by atoms with E-state index in [0.717, 1.165) is 20.8 Å². The third-order valence-electron chi connectivity index (χ3n) is 3.62. The van der Waals surface area contributed by atoms with Gasteiger partial charge in [0.15, 0.2) is 29.2 Å². The van der Waals surface area contributed by atoms with Gasteiger partial charge in [-0.25, -0.2) is 5.73 Å². The van der Waals surface area contributed by atoms with Gasteiger partial charge < -0.3 is 20.1 Å². The highest BCUT2D eigenvalue weighted by Crippen LogP contribution is 2.42. The van der Waals surface area contributed by atoms with Crippen molar-refractivity contribution in [3.05, 3.63) is 0 Å². The van der Waals surface area contributed by atoms with Crippen LogP contribution in [-0.4, -0.2) is 62.3 Å². The molecule has 1 fully saturated rings. The summed E-state index contributed by atoms with van der Waals surface area (Å²) in [5.41, 5.74) is -1.47. The molecule has 0 unspecified atom stereocenters. The monoisotopic (exact) mass is 274 g/mol. The van der Waals surface area contributed by atoms with E-state index in [1.807, 2.05) is 0 Å². The van der Waals surface area contributed by atoms with Crippen LogP contribution in [0.4, 0.5) is 0 Å². The Balaban J connectivity index is 3.65. The maximum atomic E-state index is 11.7. The summed E-state index contributed by atoms with van der Waals surface area (Å²) in [6.07, 6.45) is -2.00. The number of ether oxygens (including phenoxy) is 1. The molecule has 0 aromatic heterocycles. The smallest absolute Gasteiger partial charge is 0.202 e. The summed E-state index contributed by atoms with van der Waals surface area (Å²) in [5.74, 6) is -3.43. The average Bonchev–Trinajstić information content (AvgIpc) is 2.30. The van der Waals surface area contributed by atoms with Crippen LogP contribution < -0.4 is 5.73 Å². The highest BCUT2D eigenvalue weighted by Gasteiger charge is 2.74. The molecule has 4 N–H and O–H groups in total. The van der Waals surface area contributed by atoms with E-state index in [1.165, 1.54) is 0 Å². The van der Waals surface area contributed by atoms with Gasteiger partial charge in [-0.2, -0.15) is 0 Å². The molecule has 1 radical (unpaired) electrons. The van der Waals surface area contributed by atoms with E-state index >= 15 is 0 Å². The normalized spacial score (nSPS) is 42.8. The third-order valence-corrected chi connectivity index (χ3v) is 3.62. The van der Waals surface area contributed by atoms with Gasteiger partial charge in [0.25, 0.3) is 0 Å². The number of nitrogens with one attached hydrogen (secondary N) is 1. The van der Waals surface area contributed by atoms with Gasteiger partial charge in [-0.05, 0) is 20.8 Å². The second-order valence-corrected chi connectivity index (χ2v) is 4.70. The first-order chi connectivity index (χ1) is 8.46. The summed E-state index contributed by atoms with van der Waals surface area (Å²) in [5, 5.41) is 30.9. The van der Waals surface area contributed by atoms with Crippen LogP contribution in [-0.2, 0) is 19.1 Å². The lowest BCUT2D eigenvalue weighted by Crippen LogP contribution is -2.83. The minimum atomic E-state index is -3.14. The predicted molar refractivity (Wildman–Crippen MR) is 59.7 cm³/mol. The molecule has 1 aliphatic rings. The van der Waals surface area contributed by atoms with Crippen molar-refractivity contribution >= 4 is 17.3 Å². The van der Waals surface area contributed by atoms with Crippen LogP contribution in [0.3, 0.4) is 0 Å². The maximum Gasteiger partial charge on any atom is 0.202 e. The van der Waals surface area contributed by atoms with E-state index in [4.69, 9.17) is 10.5 Å². The van der Waals surface area contributed by atoms with Gasteiger partial charge in [0.05, 0.1) is 6.61 Å². The predicted octanol–water partition coefficient (Wildman–Crippen LogP) is -2.41. The van der Waals surface area contributed by atoms with Gasteiger partial charge in [-0.1, -0.05) is 0 Å². The molecule has 0 aromatic rings. The summed E-state index contributed by atoms with van der Waals surface area (Å²) >= 11 is 0.